The number of fused-ring (bicyclic) bond motifs is 12. The number of rotatable bonds is 7. The van der Waals surface area contributed by atoms with Gasteiger partial charge < -0.3 is 9.13 Å². The van der Waals surface area contributed by atoms with E-state index in [9.17, 15) is 0 Å². The van der Waals surface area contributed by atoms with Crippen LogP contribution in [0.25, 0.3) is 106 Å². The summed E-state index contributed by atoms with van der Waals surface area (Å²) in [5.41, 5.74) is 31.9. The van der Waals surface area contributed by atoms with Gasteiger partial charge >= 0.3 is 0 Å². The highest BCUT2D eigenvalue weighted by atomic mass is 15.0. The third kappa shape index (κ3) is 7.46. The Morgan fingerprint density at radius 2 is 0.963 bits per heavy atom. The quantitative estimate of drug-likeness (QED) is 0.151. The lowest BCUT2D eigenvalue weighted by Gasteiger charge is -2.23. The number of hydrogen-bond donors (Lipinski definition) is 0. The fraction of sp³-hybridized carbons (Fsp3) is 0.128. The molecule has 4 aliphatic carbocycles. The Morgan fingerprint density at radius 1 is 0.388 bits per heavy atom. The highest BCUT2D eigenvalue weighted by Gasteiger charge is 2.36. The molecule has 0 saturated carbocycles. The van der Waals surface area contributed by atoms with Gasteiger partial charge in [0.05, 0.1) is 16.6 Å². The first-order valence-corrected chi connectivity index (χ1v) is 28.9. The predicted molar refractivity (Wildman–Crippen MR) is 337 cm³/mol. The van der Waals surface area contributed by atoms with Crippen molar-refractivity contribution in [2.75, 3.05) is 0 Å². The number of aryl methyl sites for hydroxylation is 1. The third-order valence-electron chi connectivity index (χ3n) is 18.7. The summed E-state index contributed by atoms with van der Waals surface area (Å²) in [6.45, 7) is 4.78. The summed E-state index contributed by atoms with van der Waals surface area (Å²) in [5, 5.41) is 3.93. The Labute approximate surface area is 469 Å². The van der Waals surface area contributed by atoms with Crippen molar-refractivity contribution >= 4 is 55.6 Å². The van der Waals surface area contributed by atoms with Crippen LogP contribution in [0.2, 0.25) is 0 Å². The number of allylic oxidation sites excluding steroid dienone is 5. The largest absolute Gasteiger partial charge is 0.313 e. The van der Waals surface area contributed by atoms with Crippen LogP contribution >= 0.6 is 0 Å². The summed E-state index contributed by atoms with van der Waals surface area (Å²) in [6.07, 6.45) is 13.3. The zero-order valence-electron chi connectivity index (χ0n) is 45.4. The predicted octanol–water partition coefficient (Wildman–Crippen LogP) is 20.3. The number of aromatic nitrogens is 2. The molecule has 10 aromatic carbocycles. The summed E-state index contributed by atoms with van der Waals surface area (Å²) < 4.78 is 5.05. The molecular weight excluding hydrogens is 965 g/mol. The molecule has 0 aliphatic heterocycles. The van der Waals surface area contributed by atoms with Crippen LogP contribution in [0, 0.1) is 0 Å². The molecule has 0 bridgehead atoms. The van der Waals surface area contributed by atoms with E-state index >= 15 is 0 Å². The maximum absolute atomic E-state index is 2.58. The zero-order valence-corrected chi connectivity index (χ0v) is 45.4. The van der Waals surface area contributed by atoms with Crippen LogP contribution in [0.4, 0.5) is 0 Å². The lowest BCUT2D eigenvalue weighted by atomic mass is 9.82. The molecule has 0 amide bonds. The highest BCUT2D eigenvalue weighted by Crippen LogP contribution is 2.50. The van der Waals surface area contributed by atoms with E-state index < -0.39 is 0 Å². The fourth-order valence-electron chi connectivity index (χ4n) is 14.6. The average Bonchev–Trinajstić information content (AvgIpc) is 4.11. The van der Waals surface area contributed by atoms with Gasteiger partial charge in [-0.3, -0.25) is 0 Å². The first-order valence-electron chi connectivity index (χ1n) is 28.9. The number of hydrogen-bond acceptors (Lipinski definition) is 0. The van der Waals surface area contributed by atoms with E-state index in [0.717, 1.165) is 38.5 Å². The summed E-state index contributed by atoms with van der Waals surface area (Å²) in [5.74, 6) is 0.365. The minimum Gasteiger partial charge on any atom is -0.313 e. The Bertz CT molecular complexity index is 4530. The van der Waals surface area contributed by atoms with Gasteiger partial charge in [-0.05, 0) is 182 Å². The standard InChI is InChI=1S/C78H60N2/c1-78(2)72-20-10-7-17-66(72)67-44-42-61(49-73(67)78)80-76-45-38-58(54-27-23-50(24-28-54)52-31-33-57(34-32-52)63-43-37-56-13-3-4-14-62(56)64-15-5-6-16-65(63)64)47-70(76)71-48-59(39-46-77(71)80)55-29-25-51(26-30-55)53-35-40-60(41-36-53)79-74-21-11-8-18-68(74)69-19-9-12-22-75(69)79/h3-35,39-40,42,44,46-49,63H,36-38,41,43,45H2,1-2H3. The molecular formula is C78H60N2. The van der Waals surface area contributed by atoms with E-state index in [-0.39, 0.29) is 5.41 Å². The van der Waals surface area contributed by atoms with Gasteiger partial charge in [-0.25, -0.2) is 0 Å². The molecule has 382 valence electrons. The SMILES string of the molecule is CC1(C)c2ccccc2-c2ccc(-n3c4c(c5cc(-c6ccc(C7=CC=C(n8c9ccccc9c9ccccc98)CC7)cc6)ccc53)C=C(c3ccc(-c5ccc(C6CCc7ccccc7-c7ccccc76)cc5)cc3)CC4)cc21. The zero-order chi connectivity index (χ0) is 53.1. The molecule has 0 saturated heterocycles. The van der Waals surface area contributed by atoms with E-state index in [1.165, 1.54) is 150 Å². The Morgan fingerprint density at radius 3 is 1.70 bits per heavy atom. The minimum absolute atomic E-state index is 0.0849. The second-order valence-electron chi connectivity index (χ2n) is 23.3. The van der Waals surface area contributed by atoms with Crippen LogP contribution in [-0.4, -0.2) is 9.13 Å². The molecule has 2 aromatic heterocycles. The van der Waals surface area contributed by atoms with E-state index in [0.29, 0.717) is 5.92 Å². The molecule has 0 radical (unpaired) electrons. The van der Waals surface area contributed by atoms with Gasteiger partial charge in [0.15, 0.2) is 0 Å². The molecule has 16 rings (SSSR count). The van der Waals surface area contributed by atoms with Crippen LogP contribution in [0.5, 0.6) is 0 Å². The second kappa shape index (κ2) is 18.4. The van der Waals surface area contributed by atoms with E-state index in [1.807, 2.05) is 0 Å². The third-order valence-corrected chi connectivity index (χ3v) is 18.7. The van der Waals surface area contributed by atoms with E-state index in [4.69, 9.17) is 0 Å². The van der Waals surface area contributed by atoms with Crippen LogP contribution in [0.15, 0.2) is 243 Å². The minimum atomic E-state index is -0.0849. The molecule has 0 fully saturated rings. The summed E-state index contributed by atoms with van der Waals surface area (Å²) in [6, 6.07) is 87.2. The van der Waals surface area contributed by atoms with Crippen molar-refractivity contribution in [3.05, 3.63) is 293 Å². The molecule has 80 heavy (non-hydrogen) atoms. The molecule has 4 aliphatic rings. The summed E-state index contributed by atoms with van der Waals surface area (Å²) in [7, 11) is 0. The van der Waals surface area contributed by atoms with E-state index in [2.05, 4.69) is 272 Å². The second-order valence-corrected chi connectivity index (χ2v) is 23.3. The van der Waals surface area contributed by atoms with Crippen molar-refractivity contribution < 1.29 is 0 Å². The number of para-hydroxylation sites is 2. The highest BCUT2D eigenvalue weighted by molar-refractivity contribution is 6.10. The molecule has 2 heterocycles. The monoisotopic (exact) mass is 1020 g/mol. The van der Waals surface area contributed by atoms with Gasteiger partial charge in [-0.2, -0.15) is 0 Å². The number of nitrogens with zero attached hydrogens (tertiary/aromatic N) is 2. The van der Waals surface area contributed by atoms with Gasteiger partial charge in [0.1, 0.15) is 0 Å². The maximum Gasteiger partial charge on any atom is 0.0538 e. The molecule has 1 unspecified atom stereocenters. The Kier molecular flexibility index (Phi) is 10.8. The lowest BCUT2D eigenvalue weighted by Crippen LogP contribution is -2.15. The molecule has 1 atom stereocenters. The van der Waals surface area contributed by atoms with Crippen LogP contribution in [0.3, 0.4) is 0 Å². The van der Waals surface area contributed by atoms with E-state index in [1.54, 1.807) is 0 Å². The van der Waals surface area contributed by atoms with Crippen molar-refractivity contribution in [3.8, 4) is 50.2 Å². The van der Waals surface area contributed by atoms with Gasteiger partial charge in [0, 0.05) is 50.1 Å². The summed E-state index contributed by atoms with van der Waals surface area (Å²) in [4.78, 5) is 0. The van der Waals surface area contributed by atoms with Crippen LogP contribution in [0.1, 0.15) is 95.7 Å². The first kappa shape index (κ1) is 46.8. The Balaban J connectivity index is 0.728. The van der Waals surface area contributed by atoms with Crippen molar-refractivity contribution in [2.45, 2.75) is 63.7 Å². The topological polar surface area (TPSA) is 9.86 Å². The normalized spacial score (nSPS) is 16.0. The van der Waals surface area contributed by atoms with Crippen molar-refractivity contribution in [1.82, 2.24) is 9.13 Å². The molecule has 0 spiro atoms. The smallest absolute Gasteiger partial charge is 0.0538 e. The van der Waals surface area contributed by atoms with Gasteiger partial charge in [0.2, 0.25) is 0 Å². The maximum atomic E-state index is 2.58. The lowest BCUT2D eigenvalue weighted by molar-refractivity contribution is 0.659. The average molecular weight is 1030 g/mol. The van der Waals surface area contributed by atoms with Gasteiger partial charge in [0.25, 0.3) is 0 Å². The first-order chi connectivity index (χ1) is 39.4. The molecule has 12 aromatic rings. The van der Waals surface area contributed by atoms with Crippen molar-refractivity contribution in [3.63, 3.8) is 0 Å². The van der Waals surface area contributed by atoms with Gasteiger partial charge in [-0.1, -0.05) is 214 Å². The molecule has 2 nitrogen and oxygen atoms in total. The summed E-state index contributed by atoms with van der Waals surface area (Å²) >= 11 is 0. The molecule has 2 heteroatoms. The fourth-order valence-corrected chi connectivity index (χ4v) is 14.6. The van der Waals surface area contributed by atoms with Crippen molar-refractivity contribution in [1.29, 1.82) is 0 Å². The number of benzene rings is 10. The van der Waals surface area contributed by atoms with Crippen molar-refractivity contribution in [2.24, 2.45) is 0 Å². The van der Waals surface area contributed by atoms with Crippen LogP contribution < -0.4 is 0 Å². The van der Waals surface area contributed by atoms with Crippen LogP contribution in [-0.2, 0) is 18.3 Å². The molecule has 0 N–H and O–H groups in total. The Hall–Kier alpha value is -9.24. The van der Waals surface area contributed by atoms with Gasteiger partial charge in [-0.15, -0.1) is 0 Å².